The van der Waals surface area contributed by atoms with Gasteiger partial charge in [-0.3, -0.25) is 9.59 Å². The standard InChI is InChI=1S/C31H30N2O3/c1-24(27-13-7-3-8-14-27)32-30(34)21-25-17-19-28(20-18-25)33(22-26-11-5-2-6-12-26)31(35)23-36-29-15-9-4-10-16-29/h2-20,24H,21-23H2,1H3,(H,32,34)/t24-/m0/s1. The molecule has 5 heteroatoms. The Hall–Kier alpha value is -4.38. The maximum Gasteiger partial charge on any atom is 0.265 e. The van der Waals surface area contributed by atoms with Gasteiger partial charge >= 0.3 is 0 Å². The van der Waals surface area contributed by atoms with Crippen LogP contribution < -0.4 is 15.0 Å². The SMILES string of the molecule is C[C@H](NC(=O)Cc1ccc(N(Cc2ccccc2)C(=O)COc2ccccc2)cc1)c1ccccc1. The highest BCUT2D eigenvalue weighted by Gasteiger charge is 2.18. The van der Waals surface area contributed by atoms with Crippen LogP contribution in [0.5, 0.6) is 5.75 Å². The van der Waals surface area contributed by atoms with Crippen molar-refractivity contribution in [3.05, 3.63) is 132 Å². The van der Waals surface area contributed by atoms with E-state index in [0.717, 1.165) is 22.4 Å². The number of para-hydroxylation sites is 1. The minimum absolute atomic E-state index is 0.0485. The molecular formula is C31H30N2O3. The molecule has 0 aliphatic carbocycles. The Kier molecular flexibility index (Phi) is 8.49. The van der Waals surface area contributed by atoms with Crippen molar-refractivity contribution in [2.24, 2.45) is 0 Å². The summed E-state index contributed by atoms with van der Waals surface area (Å²) in [5.74, 6) is 0.453. The number of benzene rings is 4. The van der Waals surface area contributed by atoms with Gasteiger partial charge in [-0.1, -0.05) is 91.0 Å². The van der Waals surface area contributed by atoms with E-state index in [1.54, 1.807) is 4.90 Å². The fourth-order valence-corrected chi connectivity index (χ4v) is 3.93. The minimum atomic E-state index is -0.148. The summed E-state index contributed by atoms with van der Waals surface area (Å²) in [7, 11) is 0. The lowest BCUT2D eigenvalue weighted by Crippen LogP contribution is -2.34. The second-order valence-electron chi connectivity index (χ2n) is 8.61. The highest BCUT2D eigenvalue weighted by Crippen LogP contribution is 2.20. The fraction of sp³-hybridized carbons (Fsp3) is 0.161. The van der Waals surface area contributed by atoms with Gasteiger partial charge in [0.15, 0.2) is 6.61 Å². The van der Waals surface area contributed by atoms with Crippen molar-refractivity contribution in [2.45, 2.75) is 25.9 Å². The van der Waals surface area contributed by atoms with E-state index in [2.05, 4.69) is 5.32 Å². The molecule has 0 saturated carbocycles. The largest absolute Gasteiger partial charge is 0.484 e. The van der Waals surface area contributed by atoms with Crippen molar-refractivity contribution in [3.8, 4) is 5.75 Å². The summed E-state index contributed by atoms with van der Waals surface area (Å²) in [6.45, 7) is 2.32. The molecule has 4 rings (SSSR count). The number of nitrogens with one attached hydrogen (secondary N) is 1. The third kappa shape index (κ3) is 7.06. The van der Waals surface area contributed by atoms with E-state index >= 15 is 0 Å². The monoisotopic (exact) mass is 478 g/mol. The van der Waals surface area contributed by atoms with E-state index in [0.29, 0.717) is 12.3 Å². The van der Waals surface area contributed by atoms with Gasteiger partial charge in [-0.2, -0.15) is 0 Å². The molecular weight excluding hydrogens is 448 g/mol. The van der Waals surface area contributed by atoms with Crippen molar-refractivity contribution in [3.63, 3.8) is 0 Å². The van der Waals surface area contributed by atoms with E-state index in [1.165, 1.54) is 0 Å². The second kappa shape index (κ2) is 12.4. The number of carbonyl (C=O) groups is 2. The smallest absolute Gasteiger partial charge is 0.265 e. The number of hydrogen-bond donors (Lipinski definition) is 1. The predicted molar refractivity (Wildman–Crippen MR) is 143 cm³/mol. The number of amides is 2. The number of hydrogen-bond acceptors (Lipinski definition) is 3. The van der Waals surface area contributed by atoms with Crippen LogP contribution in [0.4, 0.5) is 5.69 Å². The Labute approximate surface area is 212 Å². The van der Waals surface area contributed by atoms with Crippen LogP contribution in [-0.4, -0.2) is 18.4 Å². The lowest BCUT2D eigenvalue weighted by molar-refractivity contribution is -0.121. The van der Waals surface area contributed by atoms with E-state index in [9.17, 15) is 9.59 Å². The van der Waals surface area contributed by atoms with Gasteiger partial charge in [0.1, 0.15) is 5.75 Å². The molecule has 4 aromatic rings. The van der Waals surface area contributed by atoms with Gasteiger partial charge in [0.05, 0.1) is 19.0 Å². The van der Waals surface area contributed by atoms with E-state index < -0.39 is 0 Å². The van der Waals surface area contributed by atoms with E-state index in [4.69, 9.17) is 4.74 Å². The zero-order chi connectivity index (χ0) is 25.2. The summed E-state index contributed by atoms with van der Waals surface area (Å²) in [4.78, 5) is 27.5. The Morgan fingerprint density at radius 1 is 0.750 bits per heavy atom. The van der Waals surface area contributed by atoms with Crippen LogP contribution in [0.1, 0.15) is 29.7 Å². The molecule has 0 aliphatic heterocycles. The first-order valence-electron chi connectivity index (χ1n) is 12.0. The Morgan fingerprint density at radius 3 is 1.97 bits per heavy atom. The number of carbonyl (C=O) groups excluding carboxylic acids is 2. The molecule has 0 fully saturated rings. The molecule has 0 spiro atoms. The summed E-state index contributed by atoms with van der Waals surface area (Å²) in [6.07, 6.45) is 0.265. The molecule has 0 aromatic heterocycles. The van der Waals surface area contributed by atoms with Gasteiger partial charge in [-0.15, -0.1) is 0 Å². The maximum absolute atomic E-state index is 13.2. The molecule has 0 unspecified atom stereocenters. The lowest BCUT2D eigenvalue weighted by Gasteiger charge is -2.23. The molecule has 0 heterocycles. The second-order valence-corrected chi connectivity index (χ2v) is 8.61. The zero-order valence-corrected chi connectivity index (χ0v) is 20.3. The van der Waals surface area contributed by atoms with Crippen molar-refractivity contribution >= 4 is 17.5 Å². The van der Waals surface area contributed by atoms with Crippen LogP contribution in [0.2, 0.25) is 0 Å². The van der Waals surface area contributed by atoms with Crippen molar-refractivity contribution < 1.29 is 14.3 Å². The van der Waals surface area contributed by atoms with Crippen LogP contribution in [-0.2, 0) is 22.6 Å². The Bertz CT molecular complexity index is 1240. The highest BCUT2D eigenvalue weighted by atomic mass is 16.5. The van der Waals surface area contributed by atoms with Gasteiger partial charge in [-0.05, 0) is 47.9 Å². The van der Waals surface area contributed by atoms with E-state index in [-0.39, 0.29) is 30.9 Å². The summed E-state index contributed by atoms with van der Waals surface area (Å²) in [5, 5.41) is 3.05. The first kappa shape index (κ1) is 24.7. The first-order chi connectivity index (χ1) is 17.6. The summed E-state index contributed by atoms with van der Waals surface area (Å²) >= 11 is 0. The molecule has 1 atom stereocenters. The Balaban J connectivity index is 1.42. The topological polar surface area (TPSA) is 58.6 Å². The molecule has 5 nitrogen and oxygen atoms in total. The third-order valence-electron chi connectivity index (χ3n) is 5.88. The minimum Gasteiger partial charge on any atom is -0.484 e. The zero-order valence-electron chi connectivity index (χ0n) is 20.3. The normalized spacial score (nSPS) is 11.4. The molecule has 36 heavy (non-hydrogen) atoms. The van der Waals surface area contributed by atoms with Crippen LogP contribution in [0.25, 0.3) is 0 Å². The molecule has 0 radical (unpaired) electrons. The third-order valence-corrected chi connectivity index (χ3v) is 5.88. The fourth-order valence-electron chi connectivity index (χ4n) is 3.93. The van der Waals surface area contributed by atoms with Gasteiger partial charge < -0.3 is 15.0 Å². The molecule has 182 valence electrons. The summed E-state index contributed by atoms with van der Waals surface area (Å²) in [5.41, 5.74) is 3.71. The van der Waals surface area contributed by atoms with Gasteiger partial charge in [0.2, 0.25) is 5.91 Å². The molecule has 4 aromatic carbocycles. The van der Waals surface area contributed by atoms with Crippen molar-refractivity contribution in [1.29, 1.82) is 0 Å². The molecule has 2 amide bonds. The number of nitrogens with zero attached hydrogens (tertiary/aromatic N) is 1. The van der Waals surface area contributed by atoms with E-state index in [1.807, 2.05) is 122 Å². The van der Waals surface area contributed by atoms with Crippen LogP contribution >= 0.6 is 0 Å². The number of anilines is 1. The summed E-state index contributed by atoms with van der Waals surface area (Å²) in [6, 6.07) is 36.5. The average molecular weight is 479 g/mol. The molecule has 0 aliphatic rings. The Morgan fingerprint density at radius 2 is 1.33 bits per heavy atom. The predicted octanol–water partition coefficient (Wildman–Crippen LogP) is 5.72. The van der Waals surface area contributed by atoms with Crippen LogP contribution in [0.3, 0.4) is 0 Å². The highest BCUT2D eigenvalue weighted by molar-refractivity contribution is 5.94. The van der Waals surface area contributed by atoms with Gasteiger partial charge in [0, 0.05) is 5.69 Å². The quantitative estimate of drug-likeness (QED) is 0.317. The lowest BCUT2D eigenvalue weighted by atomic mass is 10.1. The van der Waals surface area contributed by atoms with Crippen LogP contribution in [0, 0.1) is 0 Å². The molecule has 0 bridgehead atoms. The van der Waals surface area contributed by atoms with Crippen LogP contribution in [0.15, 0.2) is 115 Å². The van der Waals surface area contributed by atoms with Crippen molar-refractivity contribution in [1.82, 2.24) is 5.32 Å². The van der Waals surface area contributed by atoms with Gasteiger partial charge in [-0.25, -0.2) is 0 Å². The van der Waals surface area contributed by atoms with Gasteiger partial charge in [0.25, 0.3) is 5.91 Å². The summed E-state index contributed by atoms with van der Waals surface area (Å²) < 4.78 is 5.71. The first-order valence-corrected chi connectivity index (χ1v) is 12.0. The average Bonchev–Trinajstić information content (AvgIpc) is 2.92. The number of ether oxygens (including phenoxy) is 1. The molecule has 1 N–H and O–H groups in total. The maximum atomic E-state index is 13.2. The molecule has 0 saturated heterocycles. The van der Waals surface area contributed by atoms with Crippen molar-refractivity contribution in [2.75, 3.05) is 11.5 Å². The number of rotatable bonds is 10.